The minimum atomic E-state index is -0.0529. The fourth-order valence-electron chi connectivity index (χ4n) is 2.27. The van der Waals surface area contributed by atoms with Crippen LogP contribution in [0.5, 0.6) is 0 Å². The van der Waals surface area contributed by atoms with Crippen LogP contribution in [0.2, 0.25) is 0 Å². The van der Waals surface area contributed by atoms with Crippen molar-refractivity contribution in [2.24, 2.45) is 7.05 Å². The number of aldehydes is 1. The minimum absolute atomic E-state index is 0.0529. The summed E-state index contributed by atoms with van der Waals surface area (Å²) in [6.07, 6.45) is 1.54. The Morgan fingerprint density at radius 2 is 2.11 bits per heavy atom. The van der Waals surface area contributed by atoms with Crippen LogP contribution in [-0.2, 0) is 18.3 Å². The van der Waals surface area contributed by atoms with Gasteiger partial charge in [-0.1, -0.05) is 18.2 Å². The van der Waals surface area contributed by atoms with E-state index >= 15 is 0 Å². The second kappa shape index (κ2) is 5.04. The number of aromatic nitrogens is 1. The van der Waals surface area contributed by atoms with E-state index in [4.69, 9.17) is 0 Å². The zero-order chi connectivity index (χ0) is 13.1. The molecule has 1 amide bonds. The number of rotatable bonds is 4. The molecule has 4 heteroatoms. The van der Waals surface area contributed by atoms with E-state index in [1.54, 1.807) is 0 Å². The number of para-hydroxylation sites is 1. The fraction of sp³-hybridized carbons (Fsp3) is 0.286. The molecule has 0 atom stereocenters. The molecule has 0 saturated heterocycles. The quantitative estimate of drug-likeness (QED) is 0.832. The molecule has 0 bridgehead atoms. The van der Waals surface area contributed by atoms with Crippen molar-refractivity contribution in [3.05, 3.63) is 35.5 Å². The molecule has 0 aliphatic rings. The molecule has 2 rings (SSSR count). The first kappa shape index (κ1) is 12.4. The van der Waals surface area contributed by atoms with E-state index in [1.165, 1.54) is 6.92 Å². The Kier molecular flexibility index (Phi) is 3.46. The number of fused-ring (bicyclic) bond motifs is 1. The monoisotopic (exact) mass is 244 g/mol. The van der Waals surface area contributed by atoms with Gasteiger partial charge in [-0.15, -0.1) is 0 Å². The second-order valence-electron chi connectivity index (χ2n) is 4.29. The first-order valence-electron chi connectivity index (χ1n) is 5.91. The lowest BCUT2D eigenvalue weighted by Crippen LogP contribution is -2.22. The Hall–Kier alpha value is -2.10. The van der Waals surface area contributed by atoms with Crippen molar-refractivity contribution in [2.45, 2.75) is 13.3 Å². The molecule has 18 heavy (non-hydrogen) atoms. The fourth-order valence-corrected chi connectivity index (χ4v) is 2.27. The molecule has 0 aliphatic heterocycles. The summed E-state index contributed by atoms with van der Waals surface area (Å²) in [7, 11) is 1.88. The molecule has 2 aromatic rings. The maximum absolute atomic E-state index is 11.2. The number of nitrogens with zero attached hydrogens (tertiary/aromatic N) is 1. The summed E-state index contributed by atoms with van der Waals surface area (Å²) in [5.41, 5.74) is 2.72. The number of hydrogen-bond donors (Lipinski definition) is 1. The number of nitrogens with one attached hydrogen (secondary N) is 1. The van der Waals surface area contributed by atoms with E-state index in [1.807, 2.05) is 35.9 Å². The lowest BCUT2D eigenvalue weighted by molar-refractivity contribution is -0.118. The number of amides is 1. The predicted molar refractivity (Wildman–Crippen MR) is 70.7 cm³/mol. The first-order chi connectivity index (χ1) is 8.65. The van der Waals surface area contributed by atoms with Crippen LogP contribution in [0.25, 0.3) is 10.9 Å². The topological polar surface area (TPSA) is 51.1 Å². The molecule has 1 N–H and O–H groups in total. The predicted octanol–water partition coefficient (Wildman–Crippen LogP) is 1.67. The first-order valence-corrected chi connectivity index (χ1v) is 5.91. The van der Waals surface area contributed by atoms with Crippen molar-refractivity contribution in [3.63, 3.8) is 0 Å². The molecule has 0 radical (unpaired) electrons. The summed E-state index contributed by atoms with van der Waals surface area (Å²) in [4.78, 5) is 22.1. The number of aryl methyl sites for hydroxylation is 1. The van der Waals surface area contributed by atoms with Crippen molar-refractivity contribution in [3.8, 4) is 0 Å². The third-order valence-electron chi connectivity index (χ3n) is 3.12. The maximum atomic E-state index is 11.2. The zero-order valence-electron chi connectivity index (χ0n) is 10.6. The Bertz CT molecular complexity index is 599. The van der Waals surface area contributed by atoms with Crippen LogP contribution in [0.1, 0.15) is 23.0 Å². The summed E-state index contributed by atoms with van der Waals surface area (Å²) in [6.45, 7) is 2.04. The SMILES string of the molecule is CC(=O)NCCc1c(C=O)n(C)c2ccccc12. The van der Waals surface area contributed by atoms with E-state index in [-0.39, 0.29) is 5.91 Å². The van der Waals surface area contributed by atoms with Crippen molar-refractivity contribution in [1.29, 1.82) is 0 Å². The van der Waals surface area contributed by atoms with Gasteiger partial charge < -0.3 is 9.88 Å². The van der Waals surface area contributed by atoms with Crippen LogP contribution in [-0.4, -0.2) is 23.3 Å². The molecular formula is C14H16N2O2. The minimum Gasteiger partial charge on any atom is -0.356 e. The average molecular weight is 244 g/mol. The van der Waals surface area contributed by atoms with Crippen LogP contribution in [0.15, 0.2) is 24.3 Å². The maximum Gasteiger partial charge on any atom is 0.216 e. The smallest absolute Gasteiger partial charge is 0.216 e. The van der Waals surface area contributed by atoms with E-state index in [2.05, 4.69) is 5.32 Å². The second-order valence-corrected chi connectivity index (χ2v) is 4.29. The van der Waals surface area contributed by atoms with E-state index in [0.717, 1.165) is 22.8 Å². The summed E-state index contributed by atoms with van der Waals surface area (Å²) >= 11 is 0. The van der Waals surface area contributed by atoms with Gasteiger partial charge >= 0.3 is 0 Å². The molecule has 4 nitrogen and oxygen atoms in total. The Morgan fingerprint density at radius 3 is 2.78 bits per heavy atom. The Labute approximate surface area is 106 Å². The van der Waals surface area contributed by atoms with Crippen LogP contribution >= 0.6 is 0 Å². The van der Waals surface area contributed by atoms with Gasteiger partial charge in [0.05, 0.1) is 5.69 Å². The summed E-state index contributed by atoms with van der Waals surface area (Å²) in [5, 5.41) is 3.83. The lowest BCUT2D eigenvalue weighted by Gasteiger charge is -2.02. The van der Waals surface area contributed by atoms with E-state index in [0.29, 0.717) is 18.7 Å². The Balaban J connectivity index is 2.41. The summed E-state index contributed by atoms with van der Waals surface area (Å²) in [5.74, 6) is -0.0529. The molecule has 0 saturated carbocycles. The highest BCUT2D eigenvalue weighted by atomic mass is 16.1. The largest absolute Gasteiger partial charge is 0.356 e. The molecule has 1 heterocycles. The molecule has 1 aromatic carbocycles. The van der Waals surface area contributed by atoms with E-state index in [9.17, 15) is 9.59 Å². The van der Waals surface area contributed by atoms with Crippen molar-refractivity contribution >= 4 is 23.1 Å². The zero-order valence-corrected chi connectivity index (χ0v) is 10.6. The van der Waals surface area contributed by atoms with Crippen LogP contribution < -0.4 is 5.32 Å². The number of carbonyl (C=O) groups excluding carboxylic acids is 2. The highest BCUT2D eigenvalue weighted by Gasteiger charge is 2.13. The molecule has 0 unspecified atom stereocenters. The average Bonchev–Trinajstić information content (AvgIpc) is 2.63. The molecule has 1 aromatic heterocycles. The summed E-state index contributed by atoms with van der Waals surface area (Å²) in [6, 6.07) is 7.91. The molecular weight excluding hydrogens is 228 g/mol. The molecule has 0 fully saturated rings. The highest BCUT2D eigenvalue weighted by molar-refractivity contribution is 5.93. The highest BCUT2D eigenvalue weighted by Crippen LogP contribution is 2.24. The normalized spacial score (nSPS) is 10.6. The third kappa shape index (κ3) is 2.14. The summed E-state index contributed by atoms with van der Waals surface area (Å²) < 4.78 is 1.89. The van der Waals surface area contributed by atoms with E-state index < -0.39 is 0 Å². The van der Waals surface area contributed by atoms with Gasteiger partial charge in [-0.2, -0.15) is 0 Å². The molecule has 0 aliphatic carbocycles. The van der Waals surface area contributed by atoms with Gasteiger partial charge in [0.15, 0.2) is 6.29 Å². The molecule has 94 valence electrons. The lowest BCUT2D eigenvalue weighted by atomic mass is 10.1. The van der Waals surface area contributed by atoms with Gasteiger partial charge in [0, 0.05) is 31.4 Å². The van der Waals surface area contributed by atoms with Gasteiger partial charge in [-0.3, -0.25) is 9.59 Å². The van der Waals surface area contributed by atoms with Gasteiger partial charge in [0.2, 0.25) is 5.91 Å². The van der Waals surface area contributed by atoms with Crippen molar-refractivity contribution < 1.29 is 9.59 Å². The van der Waals surface area contributed by atoms with Crippen LogP contribution in [0.4, 0.5) is 0 Å². The number of benzene rings is 1. The Morgan fingerprint density at radius 1 is 1.39 bits per heavy atom. The van der Waals surface area contributed by atoms with Gasteiger partial charge in [0.1, 0.15) is 0 Å². The van der Waals surface area contributed by atoms with Gasteiger partial charge in [-0.05, 0) is 18.1 Å². The number of hydrogen-bond acceptors (Lipinski definition) is 2. The molecule has 0 spiro atoms. The van der Waals surface area contributed by atoms with Crippen LogP contribution in [0, 0.1) is 0 Å². The van der Waals surface area contributed by atoms with Crippen molar-refractivity contribution in [2.75, 3.05) is 6.54 Å². The van der Waals surface area contributed by atoms with Crippen molar-refractivity contribution in [1.82, 2.24) is 9.88 Å². The van der Waals surface area contributed by atoms with Gasteiger partial charge in [0.25, 0.3) is 0 Å². The number of carbonyl (C=O) groups is 2. The third-order valence-corrected chi connectivity index (χ3v) is 3.12. The standard InChI is InChI=1S/C14H16N2O2/c1-10(18)15-8-7-12-11-5-3-4-6-13(11)16(2)14(12)9-17/h3-6,9H,7-8H2,1-2H3,(H,15,18). The van der Waals surface area contributed by atoms with Gasteiger partial charge in [-0.25, -0.2) is 0 Å². The van der Waals surface area contributed by atoms with Crippen LogP contribution in [0.3, 0.4) is 0 Å².